The maximum atomic E-state index is 2.74. The van der Waals surface area contributed by atoms with Gasteiger partial charge >= 0.3 is 0 Å². The Balaban J connectivity index is 2.46. The summed E-state index contributed by atoms with van der Waals surface area (Å²) in [6.07, 6.45) is 2.45. The van der Waals surface area contributed by atoms with Crippen LogP contribution in [0.1, 0.15) is 44.9 Å². The van der Waals surface area contributed by atoms with E-state index < -0.39 is 8.96 Å². The van der Waals surface area contributed by atoms with Gasteiger partial charge in [-0.3, -0.25) is 0 Å². The van der Waals surface area contributed by atoms with Crippen molar-refractivity contribution in [3.63, 3.8) is 0 Å². The van der Waals surface area contributed by atoms with E-state index in [0.717, 1.165) is 0 Å². The van der Waals surface area contributed by atoms with Crippen LogP contribution in [0, 0.1) is 0 Å². The van der Waals surface area contributed by atoms with Gasteiger partial charge in [-0.1, -0.05) is 43.4 Å². The van der Waals surface area contributed by atoms with E-state index >= 15 is 0 Å². The number of hydrogen-bond donors (Lipinski definition) is 0. The van der Waals surface area contributed by atoms with E-state index in [-0.39, 0.29) is 5.54 Å². The Bertz CT molecular complexity index is 468. The third-order valence-electron chi connectivity index (χ3n) is 3.74. The van der Waals surface area contributed by atoms with Gasteiger partial charge in [-0.2, -0.15) is 0 Å². The van der Waals surface area contributed by atoms with Crippen LogP contribution < -0.4 is 0 Å². The van der Waals surface area contributed by atoms with Gasteiger partial charge in [-0.25, -0.2) is 0 Å². The zero-order valence-electron chi connectivity index (χ0n) is 12.5. The molecule has 0 aromatic heterocycles. The van der Waals surface area contributed by atoms with Crippen LogP contribution in [0.5, 0.6) is 0 Å². The highest BCUT2D eigenvalue weighted by Crippen LogP contribution is 2.40. The Kier molecular flexibility index (Phi) is 3.52. The van der Waals surface area contributed by atoms with Gasteiger partial charge in [0.2, 0.25) is 0 Å². The Morgan fingerprint density at radius 1 is 1.11 bits per heavy atom. The number of hydrogen-bond acceptors (Lipinski definition) is 1. The summed E-state index contributed by atoms with van der Waals surface area (Å²) >= 11 is 0. The van der Waals surface area contributed by atoms with Gasteiger partial charge in [0.1, 0.15) is 8.96 Å². The van der Waals surface area contributed by atoms with E-state index in [9.17, 15) is 0 Å². The lowest BCUT2D eigenvalue weighted by Gasteiger charge is -2.43. The van der Waals surface area contributed by atoms with Crippen molar-refractivity contribution < 1.29 is 0 Å². The largest absolute Gasteiger partial charge is 0.312 e. The quantitative estimate of drug-likeness (QED) is 0.719. The van der Waals surface area contributed by atoms with Gasteiger partial charge < -0.3 is 4.57 Å². The van der Waals surface area contributed by atoms with Crippen molar-refractivity contribution in [2.45, 2.75) is 52.4 Å². The summed E-state index contributed by atoms with van der Waals surface area (Å²) in [6, 6.07) is 9.34. The number of nitrogens with zero attached hydrogens (tertiary/aromatic N) is 1. The standard InChI is InChI=1S/C16H25NSi/c1-12-11-15(14-10-8-7-9-13(12)14)17(18(5)6)16(2,3)4/h7-11,15,18H,1-6H3. The third kappa shape index (κ3) is 2.32. The van der Waals surface area contributed by atoms with Crippen LogP contribution in [-0.2, 0) is 0 Å². The minimum atomic E-state index is -0.861. The van der Waals surface area contributed by atoms with Crippen LogP contribution in [0.3, 0.4) is 0 Å². The topological polar surface area (TPSA) is 3.24 Å². The molecule has 1 aliphatic carbocycles. The van der Waals surface area contributed by atoms with E-state index in [1.54, 1.807) is 0 Å². The molecule has 0 heterocycles. The van der Waals surface area contributed by atoms with Crippen LogP contribution >= 0.6 is 0 Å². The van der Waals surface area contributed by atoms with Gasteiger partial charge in [0.25, 0.3) is 0 Å². The lowest BCUT2D eigenvalue weighted by Crippen LogP contribution is -2.49. The molecule has 1 aromatic rings. The predicted octanol–water partition coefficient (Wildman–Crippen LogP) is 4.23. The molecule has 1 atom stereocenters. The van der Waals surface area contributed by atoms with Crippen molar-refractivity contribution >= 4 is 14.5 Å². The highest BCUT2D eigenvalue weighted by atomic mass is 28.3. The molecular weight excluding hydrogens is 234 g/mol. The minimum Gasteiger partial charge on any atom is -0.312 e. The first-order valence-corrected chi connectivity index (χ1v) is 9.71. The predicted molar refractivity (Wildman–Crippen MR) is 83.3 cm³/mol. The maximum Gasteiger partial charge on any atom is 0.107 e. The minimum absolute atomic E-state index is 0.235. The second-order valence-corrected chi connectivity index (χ2v) is 9.30. The van der Waals surface area contributed by atoms with Crippen molar-refractivity contribution in [2.75, 3.05) is 0 Å². The highest BCUT2D eigenvalue weighted by molar-refractivity contribution is 6.53. The zero-order valence-corrected chi connectivity index (χ0v) is 13.6. The first-order chi connectivity index (χ1) is 8.32. The molecule has 1 unspecified atom stereocenters. The fraction of sp³-hybridized carbons (Fsp3) is 0.500. The van der Waals surface area contributed by atoms with Crippen LogP contribution in [0.25, 0.3) is 5.57 Å². The number of allylic oxidation sites excluding steroid dienone is 1. The second-order valence-electron chi connectivity index (χ2n) is 6.55. The molecule has 98 valence electrons. The van der Waals surface area contributed by atoms with E-state index in [0.29, 0.717) is 6.04 Å². The molecule has 1 aromatic carbocycles. The molecule has 2 heteroatoms. The van der Waals surface area contributed by atoms with Gasteiger partial charge in [0.05, 0.1) is 0 Å². The smallest absolute Gasteiger partial charge is 0.107 e. The average molecular weight is 259 g/mol. The summed E-state index contributed by atoms with van der Waals surface area (Å²) in [7, 11) is -0.861. The summed E-state index contributed by atoms with van der Waals surface area (Å²) < 4.78 is 2.74. The van der Waals surface area contributed by atoms with E-state index in [1.807, 2.05) is 0 Å². The molecule has 0 radical (unpaired) electrons. The fourth-order valence-electron chi connectivity index (χ4n) is 3.27. The van der Waals surface area contributed by atoms with Crippen molar-refractivity contribution in [1.82, 2.24) is 4.57 Å². The lowest BCUT2D eigenvalue weighted by atomic mass is 10.0. The normalized spacial score (nSPS) is 19.3. The van der Waals surface area contributed by atoms with E-state index in [2.05, 4.69) is 75.7 Å². The summed E-state index contributed by atoms with van der Waals surface area (Å²) in [4.78, 5) is 0. The molecule has 2 rings (SSSR count). The van der Waals surface area contributed by atoms with Gasteiger partial charge in [0.15, 0.2) is 0 Å². The molecular formula is C16H25NSi. The highest BCUT2D eigenvalue weighted by Gasteiger charge is 2.34. The Labute approximate surface area is 113 Å². The molecule has 0 saturated carbocycles. The Hall–Kier alpha value is -0.863. The zero-order chi connectivity index (χ0) is 13.5. The summed E-state index contributed by atoms with van der Waals surface area (Å²) in [5, 5.41) is 0. The van der Waals surface area contributed by atoms with E-state index in [4.69, 9.17) is 0 Å². The van der Waals surface area contributed by atoms with Crippen molar-refractivity contribution in [1.29, 1.82) is 0 Å². The van der Waals surface area contributed by atoms with Crippen LogP contribution in [-0.4, -0.2) is 19.1 Å². The van der Waals surface area contributed by atoms with Crippen molar-refractivity contribution in [3.8, 4) is 0 Å². The van der Waals surface area contributed by atoms with Crippen LogP contribution in [0.4, 0.5) is 0 Å². The molecule has 0 N–H and O–H groups in total. The number of rotatable bonds is 2. The monoisotopic (exact) mass is 259 g/mol. The molecule has 18 heavy (non-hydrogen) atoms. The van der Waals surface area contributed by atoms with Gasteiger partial charge in [0, 0.05) is 11.6 Å². The molecule has 0 bridgehead atoms. The van der Waals surface area contributed by atoms with Crippen molar-refractivity contribution in [3.05, 3.63) is 41.5 Å². The third-order valence-corrected chi connectivity index (χ3v) is 5.95. The van der Waals surface area contributed by atoms with E-state index in [1.165, 1.54) is 16.7 Å². The molecule has 0 fully saturated rings. The number of fused-ring (bicyclic) bond motifs is 1. The second kappa shape index (κ2) is 4.67. The molecule has 0 saturated heterocycles. The Morgan fingerprint density at radius 2 is 1.72 bits per heavy atom. The molecule has 0 amide bonds. The van der Waals surface area contributed by atoms with Crippen molar-refractivity contribution in [2.24, 2.45) is 0 Å². The summed E-state index contributed by atoms with van der Waals surface area (Å²) in [5.74, 6) is 0. The summed E-state index contributed by atoms with van der Waals surface area (Å²) in [6.45, 7) is 14.1. The fourth-order valence-corrected chi connectivity index (χ4v) is 5.71. The van der Waals surface area contributed by atoms with Crippen LogP contribution in [0.2, 0.25) is 13.1 Å². The first-order valence-electron chi connectivity index (χ1n) is 6.88. The van der Waals surface area contributed by atoms with Gasteiger partial charge in [-0.05, 0) is 44.4 Å². The lowest BCUT2D eigenvalue weighted by molar-refractivity contribution is 0.215. The molecule has 1 nitrogen and oxygen atoms in total. The average Bonchev–Trinajstić information content (AvgIpc) is 2.55. The van der Waals surface area contributed by atoms with Gasteiger partial charge in [-0.15, -0.1) is 0 Å². The molecule has 1 aliphatic rings. The van der Waals surface area contributed by atoms with Crippen LogP contribution in [0.15, 0.2) is 30.3 Å². The first kappa shape index (κ1) is 13.6. The SMILES string of the molecule is CC1=CC(N([SiH](C)C)C(C)(C)C)c2ccccc21. The summed E-state index contributed by atoms with van der Waals surface area (Å²) in [5.41, 5.74) is 4.59. The number of benzene rings is 1. The maximum absolute atomic E-state index is 2.74. The molecule has 0 spiro atoms. The Morgan fingerprint density at radius 3 is 2.28 bits per heavy atom. The molecule has 0 aliphatic heterocycles.